The van der Waals surface area contributed by atoms with E-state index < -0.39 is 5.82 Å². The predicted molar refractivity (Wildman–Crippen MR) is 57.4 cm³/mol. The number of aromatic nitrogens is 3. The van der Waals surface area contributed by atoms with E-state index >= 15 is 0 Å². The standard InChI is InChI=1S/C11H10FN3O2/c1-17-7-10-8(6-16)5-15(14-10)11-9(12)3-2-4-13-11/h2-6H,7H2,1H3. The topological polar surface area (TPSA) is 57.0 Å². The summed E-state index contributed by atoms with van der Waals surface area (Å²) in [4.78, 5) is 14.7. The van der Waals surface area contributed by atoms with Gasteiger partial charge in [0.1, 0.15) is 0 Å². The summed E-state index contributed by atoms with van der Waals surface area (Å²) in [5, 5.41) is 4.06. The largest absolute Gasteiger partial charge is 0.378 e. The molecule has 0 amide bonds. The van der Waals surface area contributed by atoms with Gasteiger partial charge in [0.2, 0.25) is 0 Å². The van der Waals surface area contributed by atoms with Crippen molar-refractivity contribution >= 4 is 6.29 Å². The van der Waals surface area contributed by atoms with Crippen LogP contribution in [0.15, 0.2) is 24.5 Å². The van der Waals surface area contributed by atoms with E-state index in [1.165, 1.54) is 36.3 Å². The van der Waals surface area contributed by atoms with Gasteiger partial charge in [0.05, 0.1) is 17.9 Å². The highest BCUT2D eigenvalue weighted by Crippen LogP contribution is 2.12. The van der Waals surface area contributed by atoms with E-state index in [0.717, 1.165) is 0 Å². The maximum atomic E-state index is 13.5. The first kappa shape index (κ1) is 11.4. The second-order valence-electron chi connectivity index (χ2n) is 3.34. The molecule has 0 saturated heterocycles. The van der Waals surface area contributed by atoms with Crippen molar-refractivity contribution in [3.05, 3.63) is 41.6 Å². The maximum Gasteiger partial charge on any atom is 0.189 e. The highest BCUT2D eigenvalue weighted by atomic mass is 19.1. The zero-order valence-electron chi connectivity index (χ0n) is 9.13. The number of hydrogen-bond acceptors (Lipinski definition) is 4. The van der Waals surface area contributed by atoms with Crippen LogP contribution in [0.5, 0.6) is 0 Å². The van der Waals surface area contributed by atoms with Crippen molar-refractivity contribution in [2.45, 2.75) is 6.61 Å². The van der Waals surface area contributed by atoms with E-state index in [2.05, 4.69) is 10.1 Å². The molecule has 0 aliphatic heterocycles. The molecule has 0 N–H and O–H groups in total. The number of carbonyl (C=O) groups excluding carboxylic acids is 1. The summed E-state index contributed by atoms with van der Waals surface area (Å²) in [7, 11) is 1.49. The number of carbonyl (C=O) groups is 1. The molecule has 0 aliphatic carbocycles. The lowest BCUT2D eigenvalue weighted by molar-refractivity contribution is 0.111. The van der Waals surface area contributed by atoms with Crippen molar-refractivity contribution in [3.63, 3.8) is 0 Å². The first-order chi connectivity index (χ1) is 8.26. The zero-order chi connectivity index (χ0) is 12.3. The van der Waals surface area contributed by atoms with Crippen LogP contribution >= 0.6 is 0 Å². The van der Waals surface area contributed by atoms with Crippen LogP contribution in [0.1, 0.15) is 16.1 Å². The number of ether oxygens (including phenoxy) is 1. The van der Waals surface area contributed by atoms with Crippen molar-refractivity contribution in [2.24, 2.45) is 0 Å². The van der Waals surface area contributed by atoms with Crippen molar-refractivity contribution in [1.29, 1.82) is 0 Å². The molecule has 2 heterocycles. The molecule has 5 nitrogen and oxygen atoms in total. The summed E-state index contributed by atoms with van der Waals surface area (Å²) in [5.74, 6) is -0.450. The molecule has 0 unspecified atom stereocenters. The Morgan fingerprint density at radius 2 is 2.41 bits per heavy atom. The monoisotopic (exact) mass is 235 g/mol. The third kappa shape index (κ3) is 2.21. The van der Waals surface area contributed by atoms with Gasteiger partial charge in [-0.25, -0.2) is 14.1 Å². The Hall–Kier alpha value is -2.08. The Morgan fingerprint density at radius 3 is 3.06 bits per heavy atom. The van der Waals surface area contributed by atoms with Crippen LogP contribution in [0.2, 0.25) is 0 Å². The second kappa shape index (κ2) is 4.84. The zero-order valence-corrected chi connectivity index (χ0v) is 9.13. The summed E-state index contributed by atoms with van der Waals surface area (Å²) >= 11 is 0. The molecule has 88 valence electrons. The molecule has 0 aromatic carbocycles. The van der Waals surface area contributed by atoms with Crippen LogP contribution in [-0.4, -0.2) is 28.2 Å². The lowest BCUT2D eigenvalue weighted by atomic mass is 10.3. The molecule has 17 heavy (non-hydrogen) atoms. The fourth-order valence-corrected chi connectivity index (χ4v) is 1.42. The van der Waals surface area contributed by atoms with E-state index in [1.807, 2.05) is 0 Å². The van der Waals surface area contributed by atoms with Gasteiger partial charge in [0.25, 0.3) is 0 Å². The highest BCUT2D eigenvalue weighted by molar-refractivity contribution is 5.76. The van der Waals surface area contributed by atoms with Crippen molar-refractivity contribution < 1.29 is 13.9 Å². The Kier molecular flexibility index (Phi) is 3.24. The Bertz CT molecular complexity index is 539. The van der Waals surface area contributed by atoms with Gasteiger partial charge < -0.3 is 4.74 Å². The summed E-state index contributed by atoms with van der Waals surface area (Å²) in [6.45, 7) is 0.190. The molecule has 6 heteroatoms. The third-order valence-electron chi connectivity index (χ3n) is 2.19. The molecule has 0 saturated carbocycles. The van der Waals surface area contributed by atoms with Gasteiger partial charge in [-0.05, 0) is 12.1 Å². The van der Waals surface area contributed by atoms with Gasteiger partial charge in [0.15, 0.2) is 17.9 Å². The van der Waals surface area contributed by atoms with Crippen molar-refractivity contribution in [1.82, 2.24) is 14.8 Å². The van der Waals surface area contributed by atoms with Gasteiger partial charge in [-0.1, -0.05) is 0 Å². The number of hydrogen-bond donors (Lipinski definition) is 0. The summed E-state index contributed by atoms with van der Waals surface area (Å²) < 4.78 is 19.6. The van der Waals surface area contributed by atoms with Crippen molar-refractivity contribution in [3.8, 4) is 5.82 Å². The van der Waals surface area contributed by atoms with Crippen LogP contribution in [0.4, 0.5) is 4.39 Å². The molecule has 0 fully saturated rings. The van der Waals surface area contributed by atoms with Crippen LogP contribution in [0.25, 0.3) is 5.82 Å². The van der Waals surface area contributed by atoms with Gasteiger partial charge in [-0.2, -0.15) is 5.10 Å². The summed E-state index contributed by atoms with van der Waals surface area (Å²) in [5.41, 5.74) is 0.810. The number of halogens is 1. The van der Waals surface area contributed by atoms with E-state index in [1.54, 1.807) is 0 Å². The van der Waals surface area contributed by atoms with Crippen LogP contribution in [0.3, 0.4) is 0 Å². The SMILES string of the molecule is COCc1nn(-c2ncccc2F)cc1C=O. The normalized spacial score (nSPS) is 10.5. The summed E-state index contributed by atoms with van der Waals surface area (Å²) in [6, 6.07) is 2.76. The maximum absolute atomic E-state index is 13.5. The van der Waals surface area contributed by atoms with E-state index in [4.69, 9.17) is 4.74 Å². The Labute approximate surface area is 96.9 Å². The minimum atomic E-state index is -0.503. The summed E-state index contributed by atoms with van der Waals surface area (Å²) in [6.07, 6.45) is 3.53. The Morgan fingerprint density at radius 1 is 1.59 bits per heavy atom. The third-order valence-corrected chi connectivity index (χ3v) is 2.19. The fourth-order valence-electron chi connectivity index (χ4n) is 1.42. The first-order valence-electron chi connectivity index (χ1n) is 4.90. The van der Waals surface area contributed by atoms with E-state index in [9.17, 15) is 9.18 Å². The lowest BCUT2D eigenvalue weighted by Crippen LogP contribution is -2.02. The number of nitrogens with zero attached hydrogens (tertiary/aromatic N) is 3. The average molecular weight is 235 g/mol. The van der Waals surface area contributed by atoms with Crippen LogP contribution in [-0.2, 0) is 11.3 Å². The predicted octanol–water partition coefficient (Wildman–Crippen LogP) is 1.37. The van der Waals surface area contributed by atoms with Gasteiger partial charge in [0, 0.05) is 19.5 Å². The molecule has 0 aliphatic rings. The van der Waals surface area contributed by atoms with Gasteiger partial charge >= 0.3 is 0 Å². The molecule has 0 spiro atoms. The molecule has 0 radical (unpaired) electrons. The van der Waals surface area contributed by atoms with Gasteiger partial charge in [-0.15, -0.1) is 0 Å². The minimum Gasteiger partial charge on any atom is -0.378 e. The second-order valence-corrected chi connectivity index (χ2v) is 3.34. The lowest BCUT2D eigenvalue weighted by Gasteiger charge is -2.00. The van der Waals surface area contributed by atoms with E-state index in [0.29, 0.717) is 17.5 Å². The molecule has 2 rings (SSSR count). The van der Waals surface area contributed by atoms with Gasteiger partial charge in [-0.3, -0.25) is 4.79 Å². The quantitative estimate of drug-likeness (QED) is 0.751. The number of methoxy groups -OCH3 is 1. The highest BCUT2D eigenvalue weighted by Gasteiger charge is 2.12. The molecule has 2 aromatic heterocycles. The van der Waals surface area contributed by atoms with E-state index in [-0.39, 0.29) is 12.4 Å². The molecule has 0 atom stereocenters. The van der Waals surface area contributed by atoms with Crippen molar-refractivity contribution in [2.75, 3.05) is 7.11 Å². The molecular weight excluding hydrogens is 225 g/mol. The number of rotatable bonds is 4. The van der Waals surface area contributed by atoms with Crippen LogP contribution in [0, 0.1) is 5.82 Å². The molecule has 0 bridgehead atoms. The minimum absolute atomic E-state index is 0.0537. The molecule has 2 aromatic rings. The molecular formula is C11H10FN3O2. The number of pyridine rings is 1. The van der Waals surface area contributed by atoms with Crippen LogP contribution < -0.4 is 0 Å². The Balaban J connectivity index is 2.46. The average Bonchev–Trinajstić information content (AvgIpc) is 2.73. The smallest absolute Gasteiger partial charge is 0.189 e. The first-order valence-corrected chi connectivity index (χ1v) is 4.90. The number of aldehydes is 1. The fraction of sp³-hybridized carbons (Fsp3) is 0.182.